The molecule has 2 N–H and O–H groups in total. The van der Waals surface area contributed by atoms with Crippen LogP contribution < -0.4 is 10.0 Å². The predicted octanol–water partition coefficient (Wildman–Crippen LogP) is 1.45. The van der Waals surface area contributed by atoms with Gasteiger partial charge in [-0.15, -0.1) is 0 Å². The molecule has 0 atom stereocenters. The number of nitrogens with one attached hydrogen (secondary N) is 2. The maximum Gasteiger partial charge on any atom is 0.251 e. The quantitative estimate of drug-likeness (QED) is 0.631. The van der Waals surface area contributed by atoms with E-state index < -0.39 is 10.0 Å². The molecule has 1 aromatic carbocycles. The van der Waals surface area contributed by atoms with Crippen molar-refractivity contribution >= 4 is 15.9 Å². The molecule has 0 heterocycles. The van der Waals surface area contributed by atoms with Crippen LogP contribution in [-0.4, -0.2) is 53.0 Å². The van der Waals surface area contributed by atoms with Crippen molar-refractivity contribution in [3.8, 4) is 0 Å². The molecular weight excluding hydrogens is 314 g/mol. The lowest BCUT2D eigenvalue weighted by Gasteiger charge is -2.11. The SMILES string of the molecule is CCCCCNC(=O)c1cccc(S(=O)(=O)NCCN(C)C)c1. The largest absolute Gasteiger partial charge is 0.352 e. The summed E-state index contributed by atoms with van der Waals surface area (Å²) < 4.78 is 27.0. The fraction of sp³-hybridized carbons (Fsp3) is 0.562. The lowest BCUT2D eigenvalue weighted by molar-refractivity contribution is 0.0952. The summed E-state index contributed by atoms with van der Waals surface area (Å²) in [6.07, 6.45) is 3.07. The van der Waals surface area contributed by atoms with Crippen LogP contribution in [0.4, 0.5) is 0 Å². The molecule has 0 bridgehead atoms. The smallest absolute Gasteiger partial charge is 0.251 e. The van der Waals surface area contributed by atoms with E-state index in [1.807, 2.05) is 19.0 Å². The Hall–Kier alpha value is -1.44. The number of nitrogens with zero attached hydrogens (tertiary/aromatic N) is 1. The summed E-state index contributed by atoms with van der Waals surface area (Å²) >= 11 is 0. The van der Waals surface area contributed by atoms with E-state index in [0.29, 0.717) is 25.2 Å². The third-order valence-electron chi connectivity index (χ3n) is 3.32. The Morgan fingerprint density at radius 1 is 1.17 bits per heavy atom. The number of likely N-dealkylation sites (N-methyl/N-ethyl adjacent to an activating group) is 1. The molecule has 0 spiro atoms. The zero-order valence-electron chi connectivity index (χ0n) is 14.1. The van der Waals surface area contributed by atoms with Crippen molar-refractivity contribution in [1.82, 2.24) is 14.9 Å². The van der Waals surface area contributed by atoms with Gasteiger partial charge in [0.1, 0.15) is 0 Å². The van der Waals surface area contributed by atoms with Crippen LogP contribution in [0.5, 0.6) is 0 Å². The summed E-state index contributed by atoms with van der Waals surface area (Å²) in [6.45, 7) is 3.63. The van der Waals surface area contributed by atoms with Gasteiger partial charge < -0.3 is 10.2 Å². The zero-order valence-corrected chi connectivity index (χ0v) is 14.9. The first-order valence-electron chi connectivity index (χ1n) is 7.89. The molecule has 0 fully saturated rings. The Morgan fingerprint density at radius 3 is 2.57 bits per heavy atom. The Kier molecular flexibility index (Phi) is 8.22. The zero-order chi connectivity index (χ0) is 17.3. The summed E-state index contributed by atoms with van der Waals surface area (Å²) in [7, 11) is 0.148. The number of carbonyl (C=O) groups is 1. The molecule has 0 saturated carbocycles. The van der Waals surface area contributed by atoms with Gasteiger partial charge in [0.05, 0.1) is 4.90 Å². The van der Waals surface area contributed by atoms with E-state index >= 15 is 0 Å². The van der Waals surface area contributed by atoms with Crippen LogP contribution in [0.3, 0.4) is 0 Å². The minimum absolute atomic E-state index is 0.109. The molecule has 0 radical (unpaired) electrons. The molecule has 1 amide bonds. The lowest BCUT2D eigenvalue weighted by atomic mass is 10.2. The standard InChI is InChI=1S/C16H27N3O3S/c1-4-5-6-10-17-16(20)14-8-7-9-15(13-14)23(21,22)18-11-12-19(2)3/h7-9,13,18H,4-6,10-12H2,1-3H3,(H,17,20). The second kappa shape index (κ2) is 9.64. The second-order valence-corrected chi connectivity index (χ2v) is 7.46. The summed E-state index contributed by atoms with van der Waals surface area (Å²) in [5.74, 6) is -0.244. The Balaban J connectivity index is 2.69. The molecule has 1 rings (SSSR count). The highest BCUT2D eigenvalue weighted by atomic mass is 32.2. The number of amides is 1. The fourth-order valence-corrected chi connectivity index (χ4v) is 3.04. The van der Waals surface area contributed by atoms with Crippen molar-refractivity contribution in [1.29, 1.82) is 0 Å². The van der Waals surface area contributed by atoms with Gasteiger partial charge in [-0.3, -0.25) is 4.79 Å². The van der Waals surface area contributed by atoms with Crippen LogP contribution in [0.15, 0.2) is 29.2 Å². The van der Waals surface area contributed by atoms with Crippen LogP contribution in [0.25, 0.3) is 0 Å². The molecule has 0 unspecified atom stereocenters. The van der Waals surface area contributed by atoms with E-state index in [0.717, 1.165) is 19.3 Å². The minimum Gasteiger partial charge on any atom is -0.352 e. The average Bonchev–Trinajstić information content (AvgIpc) is 2.51. The molecule has 0 aliphatic rings. The minimum atomic E-state index is -3.60. The second-order valence-electron chi connectivity index (χ2n) is 5.69. The van der Waals surface area contributed by atoms with E-state index in [2.05, 4.69) is 17.0 Å². The Bertz CT molecular complexity index is 600. The number of carbonyl (C=O) groups excluding carboxylic acids is 1. The van der Waals surface area contributed by atoms with Gasteiger partial charge in [-0.05, 0) is 38.7 Å². The van der Waals surface area contributed by atoms with Gasteiger partial charge in [0.15, 0.2) is 0 Å². The number of unbranched alkanes of at least 4 members (excludes halogenated alkanes) is 2. The summed E-state index contributed by atoms with van der Waals surface area (Å²) in [6, 6.07) is 6.11. The molecule has 130 valence electrons. The van der Waals surface area contributed by atoms with Gasteiger partial charge in [-0.25, -0.2) is 13.1 Å². The number of rotatable bonds is 10. The summed E-state index contributed by atoms with van der Waals surface area (Å²) in [5.41, 5.74) is 0.358. The Labute approximate surface area is 139 Å². The number of hydrogen-bond donors (Lipinski definition) is 2. The molecule has 23 heavy (non-hydrogen) atoms. The average molecular weight is 341 g/mol. The highest BCUT2D eigenvalue weighted by Gasteiger charge is 2.15. The molecule has 0 saturated heterocycles. The van der Waals surface area contributed by atoms with Crippen LogP contribution in [0, 0.1) is 0 Å². The van der Waals surface area contributed by atoms with E-state index in [9.17, 15) is 13.2 Å². The fourth-order valence-electron chi connectivity index (χ4n) is 1.97. The number of hydrogen-bond acceptors (Lipinski definition) is 4. The molecule has 7 heteroatoms. The Morgan fingerprint density at radius 2 is 1.91 bits per heavy atom. The molecule has 1 aromatic rings. The molecule has 0 aromatic heterocycles. The first-order chi connectivity index (χ1) is 10.9. The predicted molar refractivity (Wildman–Crippen MR) is 92.0 cm³/mol. The normalized spacial score (nSPS) is 11.7. The maximum atomic E-state index is 12.2. The van der Waals surface area contributed by atoms with Crippen molar-refractivity contribution in [2.45, 2.75) is 31.1 Å². The third-order valence-corrected chi connectivity index (χ3v) is 4.78. The number of benzene rings is 1. The van der Waals surface area contributed by atoms with E-state index in [1.54, 1.807) is 12.1 Å². The first kappa shape index (κ1) is 19.6. The van der Waals surface area contributed by atoms with Crippen LogP contribution in [0.1, 0.15) is 36.5 Å². The van der Waals surface area contributed by atoms with E-state index in [4.69, 9.17) is 0 Å². The molecule has 0 aliphatic heterocycles. The third kappa shape index (κ3) is 7.11. The molecule has 6 nitrogen and oxygen atoms in total. The van der Waals surface area contributed by atoms with Gasteiger partial charge in [-0.2, -0.15) is 0 Å². The highest BCUT2D eigenvalue weighted by molar-refractivity contribution is 7.89. The topological polar surface area (TPSA) is 78.5 Å². The van der Waals surface area contributed by atoms with Crippen LogP contribution >= 0.6 is 0 Å². The number of sulfonamides is 1. The monoisotopic (exact) mass is 341 g/mol. The van der Waals surface area contributed by atoms with Crippen molar-refractivity contribution < 1.29 is 13.2 Å². The van der Waals surface area contributed by atoms with Crippen molar-refractivity contribution in [3.63, 3.8) is 0 Å². The van der Waals surface area contributed by atoms with Gasteiger partial charge in [0.25, 0.3) is 5.91 Å². The van der Waals surface area contributed by atoms with Gasteiger partial charge in [0, 0.05) is 25.2 Å². The van der Waals surface area contributed by atoms with Gasteiger partial charge >= 0.3 is 0 Å². The van der Waals surface area contributed by atoms with Crippen molar-refractivity contribution in [3.05, 3.63) is 29.8 Å². The first-order valence-corrected chi connectivity index (χ1v) is 9.38. The van der Waals surface area contributed by atoms with Crippen molar-refractivity contribution in [2.24, 2.45) is 0 Å². The molecular formula is C16H27N3O3S. The molecule has 0 aliphatic carbocycles. The highest BCUT2D eigenvalue weighted by Crippen LogP contribution is 2.11. The summed E-state index contributed by atoms with van der Waals surface area (Å²) in [5, 5.41) is 2.81. The van der Waals surface area contributed by atoms with Gasteiger partial charge in [-0.1, -0.05) is 25.8 Å². The van der Waals surface area contributed by atoms with Crippen LogP contribution in [-0.2, 0) is 10.0 Å². The summed E-state index contributed by atoms with van der Waals surface area (Å²) in [4.78, 5) is 14.1. The van der Waals surface area contributed by atoms with Crippen LogP contribution in [0.2, 0.25) is 0 Å². The van der Waals surface area contributed by atoms with Crippen molar-refractivity contribution in [2.75, 3.05) is 33.7 Å². The van der Waals surface area contributed by atoms with E-state index in [-0.39, 0.29) is 10.8 Å². The lowest BCUT2D eigenvalue weighted by Crippen LogP contribution is -2.31. The maximum absolute atomic E-state index is 12.2. The van der Waals surface area contributed by atoms with E-state index in [1.165, 1.54) is 12.1 Å². The van der Waals surface area contributed by atoms with Gasteiger partial charge in [0.2, 0.25) is 10.0 Å².